The highest BCUT2D eigenvalue weighted by atomic mass is 19.4. The van der Waals surface area contributed by atoms with Crippen LogP contribution in [0, 0.1) is 6.92 Å². The maximum Gasteiger partial charge on any atom is 0.433 e. The van der Waals surface area contributed by atoms with Gasteiger partial charge in [-0.3, -0.25) is 9.59 Å². The van der Waals surface area contributed by atoms with Gasteiger partial charge in [-0.2, -0.15) is 13.2 Å². The van der Waals surface area contributed by atoms with E-state index in [-0.39, 0.29) is 11.3 Å². The normalized spacial score (nSPS) is 11.3. The minimum Gasteiger partial charge on any atom is -0.320 e. The lowest BCUT2D eigenvalue weighted by Crippen LogP contribution is -2.29. The molecule has 0 saturated heterocycles. The van der Waals surface area contributed by atoms with Crippen LogP contribution < -0.4 is 10.9 Å². The summed E-state index contributed by atoms with van der Waals surface area (Å²) in [6, 6.07) is 12.4. The molecule has 0 bridgehead atoms. The van der Waals surface area contributed by atoms with Gasteiger partial charge >= 0.3 is 6.18 Å². The van der Waals surface area contributed by atoms with E-state index in [2.05, 4.69) is 10.3 Å². The highest BCUT2D eigenvalue weighted by Gasteiger charge is 2.32. The van der Waals surface area contributed by atoms with Gasteiger partial charge in [-0.25, -0.2) is 4.98 Å². The zero-order valence-electron chi connectivity index (χ0n) is 14.8. The summed E-state index contributed by atoms with van der Waals surface area (Å²) in [6.07, 6.45) is -2.10. The minimum absolute atomic E-state index is 0.0616. The Bertz CT molecular complexity index is 1060. The van der Waals surface area contributed by atoms with Gasteiger partial charge in [-0.1, -0.05) is 29.8 Å². The van der Waals surface area contributed by atoms with E-state index in [0.29, 0.717) is 6.54 Å². The molecule has 3 aromatic rings. The number of anilines is 1. The molecule has 8 heteroatoms. The van der Waals surface area contributed by atoms with Gasteiger partial charge in [0, 0.05) is 6.20 Å². The molecule has 0 atom stereocenters. The third-order valence-electron chi connectivity index (χ3n) is 4.01. The molecule has 5 nitrogen and oxygen atoms in total. The van der Waals surface area contributed by atoms with Crippen LogP contribution in [0.1, 0.15) is 27.2 Å². The Balaban J connectivity index is 1.80. The first-order chi connectivity index (χ1) is 13.2. The van der Waals surface area contributed by atoms with E-state index >= 15 is 0 Å². The molecule has 1 aromatic carbocycles. The largest absolute Gasteiger partial charge is 0.433 e. The zero-order chi connectivity index (χ0) is 20.3. The highest BCUT2D eigenvalue weighted by Crippen LogP contribution is 2.27. The number of halogens is 3. The van der Waals surface area contributed by atoms with Crippen LogP contribution in [0.4, 0.5) is 18.9 Å². The maximum atomic E-state index is 12.6. The first-order valence-electron chi connectivity index (χ1n) is 8.33. The summed E-state index contributed by atoms with van der Waals surface area (Å²) in [6.45, 7) is 2.23. The van der Waals surface area contributed by atoms with E-state index < -0.39 is 23.3 Å². The zero-order valence-corrected chi connectivity index (χ0v) is 14.8. The van der Waals surface area contributed by atoms with Crippen LogP contribution in [0.5, 0.6) is 0 Å². The number of nitrogens with zero attached hydrogens (tertiary/aromatic N) is 2. The first kappa shape index (κ1) is 19.3. The average Bonchev–Trinajstić information content (AvgIpc) is 2.63. The van der Waals surface area contributed by atoms with Crippen molar-refractivity contribution in [1.29, 1.82) is 0 Å². The van der Waals surface area contributed by atoms with Crippen LogP contribution in [0.15, 0.2) is 65.7 Å². The van der Waals surface area contributed by atoms with Gasteiger partial charge in [0.15, 0.2) is 0 Å². The summed E-state index contributed by atoms with van der Waals surface area (Å²) in [4.78, 5) is 28.3. The molecule has 0 aliphatic heterocycles. The average molecular weight is 387 g/mol. The highest BCUT2D eigenvalue weighted by molar-refractivity contribution is 6.03. The van der Waals surface area contributed by atoms with Crippen molar-refractivity contribution >= 4 is 11.6 Å². The van der Waals surface area contributed by atoms with Crippen LogP contribution in [-0.2, 0) is 12.7 Å². The number of hydrogen-bond acceptors (Lipinski definition) is 3. The molecule has 0 fully saturated rings. The number of carbonyl (C=O) groups is 1. The fourth-order valence-corrected chi connectivity index (χ4v) is 2.68. The van der Waals surface area contributed by atoms with Crippen LogP contribution >= 0.6 is 0 Å². The van der Waals surface area contributed by atoms with Gasteiger partial charge in [0.25, 0.3) is 11.5 Å². The number of pyridine rings is 2. The predicted octanol–water partition coefficient (Wildman–Crippen LogP) is 3.87. The number of benzene rings is 1. The summed E-state index contributed by atoms with van der Waals surface area (Å²) < 4.78 is 39.1. The van der Waals surface area contributed by atoms with Crippen molar-refractivity contribution < 1.29 is 18.0 Å². The fraction of sp³-hybridized carbons (Fsp3) is 0.150. The molecule has 2 heterocycles. The van der Waals surface area contributed by atoms with Crippen molar-refractivity contribution in [2.24, 2.45) is 0 Å². The molecule has 0 radical (unpaired) electrons. The monoisotopic (exact) mass is 387 g/mol. The number of carbonyl (C=O) groups excluding carboxylic acids is 1. The molecule has 0 aliphatic rings. The van der Waals surface area contributed by atoms with Gasteiger partial charge in [0.05, 0.1) is 18.4 Å². The Labute approximate surface area is 158 Å². The number of nitrogens with one attached hydrogen (secondary N) is 1. The van der Waals surface area contributed by atoms with Gasteiger partial charge in [0.2, 0.25) is 0 Å². The molecule has 0 spiro atoms. The first-order valence-corrected chi connectivity index (χ1v) is 8.33. The smallest absolute Gasteiger partial charge is 0.320 e. The van der Waals surface area contributed by atoms with E-state index in [4.69, 9.17) is 0 Å². The molecule has 28 heavy (non-hydrogen) atoms. The molecule has 144 valence electrons. The summed E-state index contributed by atoms with van der Waals surface area (Å²) in [5.74, 6) is -0.717. The molecule has 1 N–H and O–H groups in total. The SMILES string of the molecule is Cc1cccc(Cn2cccc(C(=O)Nc3ccc(C(F)(F)F)nc3)c2=O)c1. The summed E-state index contributed by atoms with van der Waals surface area (Å²) >= 11 is 0. The van der Waals surface area contributed by atoms with Gasteiger partial charge in [-0.05, 0) is 36.8 Å². The van der Waals surface area contributed by atoms with Crippen LogP contribution in [-0.4, -0.2) is 15.5 Å². The Morgan fingerprint density at radius 3 is 2.57 bits per heavy atom. The van der Waals surface area contributed by atoms with Crippen molar-refractivity contribution in [3.05, 3.63) is 93.7 Å². The van der Waals surface area contributed by atoms with Gasteiger partial charge < -0.3 is 9.88 Å². The number of alkyl halides is 3. The molecule has 0 saturated carbocycles. The molecule has 0 unspecified atom stereocenters. The van der Waals surface area contributed by atoms with Crippen molar-refractivity contribution in [3.8, 4) is 0 Å². The van der Waals surface area contributed by atoms with Crippen LogP contribution in [0.2, 0.25) is 0 Å². The number of amides is 1. The van der Waals surface area contributed by atoms with E-state index in [0.717, 1.165) is 29.5 Å². The minimum atomic E-state index is -4.56. The summed E-state index contributed by atoms with van der Waals surface area (Å²) in [5, 5.41) is 2.40. The molecule has 1 amide bonds. The summed E-state index contributed by atoms with van der Waals surface area (Å²) in [5.41, 5.74) is 0.342. The van der Waals surface area contributed by atoms with E-state index in [9.17, 15) is 22.8 Å². The van der Waals surface area contributed by atoms with Crippen molar-refractivity contribution in [2.45, 2.75) is 19.6 Å². The quantitative estimate of drug-likeness (QED) is 0.739. The number of aryl methyl sites for hydroxylation is 1. The van der Waals surface area contributed by atoms with Crippen LogP contribution in [0.25, 0.3) is 0 Å². The third kappa shape index (κ3) is 4.46. The number of rotatable bonds is 4. The van der Waals surface area contributed by atoms with E-state index in [1.807, 2.05) is 31.2 Å². The van der Waals surface area contributed by atoms with Gasteiger partial charge in [0.1, 0.15) is 11.3 Å². The lowest BCUT2D eigenvalue weighted by Gasteiger charge is -2.10. The second kappa shape index (κ2) is 7.67. The summed E-state index contributed by atoms with van der Waals surface area (Å²) in [7, 11) is 0. The second-order valence-corrected chi connectivity index (χ2v) is 6.23. The molecule has 3 rings (SSSR count). The van der Waals surface area contributed by atoms with Gasteiger partial charge in [-0.15, -0.1) is 0 Å². The number of aromatic nitrogens is 2. The Morgan fingerprint density at radius 2 is 1.93 bits per heavy atom. The van der Waals surface area contributed by atoms with E-state index in [1.165, 1.54) is 10.6 Å². The Morgan fingerprint density at radius 1 is 1.14 bits per heavy atom. The lowest BCUT2D eigenvalue weighted by atomic mass is 10.1. The molecule has 0 aliphatic carbocycles. The fourth-order valence-electron chi connectivity index (χ4n) is 2.68. The van der Waals surface area contributed by atoms with Crippen molar-refractivity contribution in [3.63, 3.8) is 0 Å². The second-order valence-electron chi connectivity index (χ2n) is 6.23. The lowest BCUT2D eigenvalue weighted by molar-refractivity contribution is -0.141. The van der Waals surface area contributed by atoms with E-state index in [1.54, 1.807) is 12.3 Å². The third-order valence-corrected chi connectivity index (χ3v) is 4.01. The van der Waals surface area contributed by atoms with Crippen LogP contribution in [0.3, 0.4) is 0 Å². The van der Waals surface area contributed by atoms with Crippen molar-refractivity contribution in [1.82, 2.24) is 9.55 Å². The topological polar surface area (TPSA) is 64.0 Å². The molecular formula is C20H16F3N3O2. The molecular weight excluding hydrogens is 371 g/mol. The number of hydrogen-bond donors (Lipinski definition) is 1. The standard InChI is InChI=1S/C20H16F3N3O2/c1-13-4-2-5-14(10-13)12-26-9-3-6-16(19(26)28)18(27)25-15-7-8-17(24-11-15)20(21,22)23/h2-11H,12H2,1H3,(H,25,27). The Kier molecular flexibility index (Phi) is 5.30. The molecule has 2 aromatic heterocycles. The Hall–Kier alpha value is -3.42. The predicted molar refractivity (Wildman–Crippen MR) is 98.2 cm³/mol. The maximum absolute atomic E-state index is 12.6. The van der Waals surface area contributed by atoms with Crippen molar-refractivity contribution in [2.75, 3.05) is 5.32 Å².